The molecule has 0 unspecified atom stereocenters. The van der Waals surface area contributed by atoms with E-state index in [9.17, 15) is 29.7 Å². The van der Waals surface area contributed by atoms with Gasteiger partial charge in [-0.15, -0.1) is 0 Å². The van der Waals surface area contributed by atoms with Crippen LogP contribution in [0.15, 0.2) is 36.5 Å². The van der Waals surface area contributed by atoms with Gasteiger partial charge in [0.1, 0.15) is 5.41 Å². The van der Waals surface area contributed by atoms with Crippen molar-refractivity contribution < 1.29 is 43.9 Å². The lowest BCUT2D eigenvalue weighted by atomic mass is 9.81. The second-order valence-electron chi connectivity index (χ2n) is 20.1. The summed E-state index contributed by atoms with van der Waals surface area (Å²) in [5.74, 6) is -4.41. The predicted molar refractivity (Wildman–Crippen MR) is 288 cm³/mol. The number of unbranched alkanes of at least 4 members (excludes halogenated alkanes) is 33. The molecule has 0 amide bonds. The summed E-state index contributed by atoms with van der Waals surface area (Å²) in [4.78, 5) is 40.2. The van der Waals surface area contributed by atoms with E-state index < -0.39 is 55.5 Å². The largest absolute Gasteiger partial charge is 0.457 e. The maximum absolute atomic E-state index is 13.5. The fourth-order valence-electron chi connectivity index (χ4n) is 8.70. The molecule has 9 nitrogen and oxygen atoms in total. The molecule has 0 aromatic heterocycles. The first kappa shape index (κ1) is 66.5. The number of aliphatic hydroxyl groups is 3. The molecule has 404 valence electrons. The molecule has 0 atom stereocenters. The Hall–Kier alpha value is -2.49. The highest BCUT2D eigenvalue weighted by Crippen LogP contribution is 2.38. The van der Waals surface area contributed by atoms with Crippen molar-refractivity contribution in [3.63, 3.8) is 0 Å². The topological polar surface area (TPSA) is 140 Å². The minimum absolute atomic E-state index is 0.00687. The standard InChI is InChI=1S/C60H110O9/c1-4-7-10-13-16-19-22-25-28-31-34-37-40-43-46-49-56(64)67-55-60(59(52-61,53-62)54-63,68-57(65)50-47-44-41-38-35-32-29-26-23-20-17-14-11-8-5-2)69-58(66)51-48-45-42-39-36-33-30-27-24-21-18-15-12-9-6-3/h25-30,61-63H,4-24,31-55H2,1-3H3/b28-25-,29-26-,30-27-. The molecule has 69 heavy (non-hydrogen) atoms. The molecule has 0 aromatic rings. The zero-order valence-corrected chi connectivity index (χ0v) is 45.3. The Morgan fingerprint density at radius 2 is 0.565 bits per heavy atom. The maximum Gasteiger partial charge on any atom is 0.309 e. The lowest BCUT2D eigenvalue weighted by Gasteiger charge is -2.44. The Bertz CT molecular complexity index is 1180. The Morgan fingerprint density at radius 1 is 0.333 bits per heavy atom. The highest BCUT2D eigenvalue weighted by molar-refractivity contribution is 5.73. The maximum atomic E-state index is 13.5. The van der Waals surface area contributed by atoms with Gasteiger partial charge in [0.05, 0.1) is 19.8 Å². The summed E-state index contributed by atoms with van der Waals surface area (Å²) in [5.41, 5.74) is -2.02. The van der Waals surface area contributed by atoms with Crippen molar-refractivity contribution >= 4 is 17.9 Å². The fourth-order valence-corrected chi connectivity index (χ4v) is 8.70. The van der Waals surface area contributed by atoms with Crippen molar-refractivity contribution in [3.8, 4) is 0 Å². The fraction of sp³-hybridized carbons (Fsp3) is 0.850. The van der Waals surface area contributed by atoms with Gasteiger partial charge >= 0.3 is 23.7 Å². The molecule has 0 rings (SSSR count). The van der Waals surface area contributed by atoms with Crippen LogP contribution in [-0.4, -0.2) is 65.4 Å². The smallest absolute Gasteiger partial charge is 0.309 e. The molecule has 3 N–H and O–H groups in total. The lowest BCUT2D eigenvalue weighted by molar-refractivity contribution is -0.306. The highest BCUT2D eigenvalue weighted by atomic mass is 16.8. The van der Waals surface area contributed by atoms with Gasteiger partial charge in [0.15, 0.2) is 6.61 Å². The van der Waals surface area contributed by atoms with Crippen LogP contribution in [-0.2, 0) is 28.6 Å². The first-order valence-electron chi connectivity index (χ1n) is 29.2. The van der Waals surface area contributed by atoms with Crippen molar-refractivity contribution in [1.82, 2.24) is 0 Å². The summed E-state index contributed by atoms with van der Waals surface area (Å²) in [6.45, 7) is 3.35. The number of carbonyl (C=O) groups is 3. The van der Waals surface area contributed by atoms with Gasteiger partial charge < -0.3 is 29.5 Å². The van der Waals surface area contributed by atoms with E-state index in [-0.39, 0.29) is 19.3 Å². The average molecular weight is 976 g/mol. The van der Waals surface area contributed by atoms with Crippen LogP contribution in [0.1, 0.15) is 290 Å². The van der Waals surface area contributed by atoms with Crippen LogP contribution in [0.25, 0.3) is 0 Å². The predicted octanol–water partition coefficient (Wildman–Crippen LogP) is 16.4. The summed E-state index contributed by atoms with van der Waals surface area (Å²) >= 11 is 0. The van der Waals surface area contributed by atoms with Crippen molar-refractivity contribution in [2.75, 3.05) is 26.4 Å². The van der Waals surface area contributed by atoms with E-state index in [1.54, 1.807) is 0 Å². The van der Waals surface area contributed by atoms with Gasteiger partial charge in [0.2, 0.25) is 0 Å². The van der Waals surface area contributed by atoms with Gasteiger partial charge in [-0.25, -0.2) is 0 Å². The van der Waals surface area contributed by atoms with E-state index in [2.05, 4.69) is 57.2 Å². The van der Waals surface area contributed by atoms with Gasteiger partial charge in [-0.1, -0.05) is 211 Å². The third-order valence-corrected chi connectivity index (χ3v) is 13.6. The van der Waals surface area contributed by atoms with Gasteiger partial charge in [0.25, 0.3) is 0 Å². The van der Waals surface area contributed by atoms with E-state index in [1.807, 2.05) is 0 Å². The van der Waals surface area contributed by atoms with Crippen LogP contribution in [0, 0.1) is 5.41 Å². The SMILES string of the molecule is CCCCCCCC/C=C\CCCCCCCC(=O)OCC(OC(=O)CCCCCCC/C=C\CCCCCCCC)(OC(=O)CCCCCCC/C=C\CCCCCCCC)C(CO)(CO)CO. The van der Waals surface area contributed by atoms with Gasteiger partial charge in [-0.05, 0) is 96.3 Å². The second kappa shape index (κ2) is 50.5. The summed E-state index contributed by atoms with van der Waals surface area (Å²) in [5, 5.41) is 31.9. The number of rotatable bonds is 53. The molecule has 0 aromatic carbocycles. The molecule has 0 radical (unpaired) electrons. The minimum atomic E-state index is -2.42. The molecule has 0 saturated carbocycles. The monoisotopic (exact) mass is 975 g/mol. The summed E-state index contributed by atoms with van der Waals surface area (Å²) < 4.78 is 17.5. The van der Waals surface area contributed by atoms with E-state index in [1.165, 1.54) is 116 Å². The van der Waals surface area contributed by atoms with Crippen molar-refractivity contribution in [2.24, 2.45) is 5.41 Å². The summed E-state index contributed by atoms with van der Waals surface area (Å²) in [6, 6.07) is 0. The van der Waals surface area contributed by atoms with Crippen LogP contribution in [0.4, 0.5) is 0 Å². The normalized spacial score (nSPS) is 12.3. The minimum Gasteiger partial charge on any atom is -0.457 e. The van der Waals surface area contributed by atoms with E-state index >= 15 is 0 Å². The van der Waals surface area contributed by atoms with Gasteiger partial charge in [0, 0.05) is 19.3 Å². The number of esters is 3. The Morgan fingerprint density at radius 3 is 0.826 bits per heavy atom. The van der Waals surface area contributed by atoms with E-state index in [0.717, 1.165) is 116 Å². The van der Waals surface area contributed by atoms with Crippen LogP contribution in [0.2, 0.25) is 0 Å². The Labute approximate surface area is 424 Å². The van der Waals surface area contributed by atoms with E-state index in [4.69, 9.17) is 14.2 Å². The first-order valence-corrected chi connectivity index (χ1v) is 29.2. The van der Waals surface area contributed by atoms with Gasteiger partial charge in [-0.2, -0.15) is 0 Å². The quantitative estimate of drug-likeness (QED) is 0.0235. The first-order chi connectivity index (χ1) is 33.8. The van der Waals surface area contributed by atoms with Gasteiger partial charge in [-0.3, -0.25) is 14.4 Å². The number of allylic oxidation sites excluding steroid dienone is 6. The Balaban J connectivity index is 5.23. The van der Waals surface area contributed by atoms with Crippen LogP contribution >= 0.6 is 0 Å². The van der Waals surface area contributed by atoms with Crippen LogP contribution in [0.3, 0.4) is 0 Å². The number of carbonyl (C=O) groups excluding carboxylic acids is 3. The number of hydrogen-bond donors (Lipinski definition) is 3. The van der Waals surface area contributed by atoms with Crippen molar-refractivity contribution in [3.05, 3.63) is 36.5 Å². The Kier molecular flexibility index (Phi) is 48.6. The average Bonchev–Trinajstić information content (AvgIpc) is 3.35. The highest BCUT2D eigenvalue weighted by Gasteiger charge is 2.59. The van der Waals surface area contributed by atoms with E-state index in [0.29, 0.717) is 19.3 Å². The zero-order valence-electron chi connectivity index (χ0n) is 45.3. The molecule has 0 fully saturated rings. The van der Waals surface area contributed by atoms with Crippen LogP contribution < -0.4 is 0 Å². The molecule has 0 aliphatic carbocycles. The van der Waals surface area contributed by atoms with Crippen LogP contribution in [0.5, 0.6) is 0 Å². The third-order valence-electron chi connectivity index (χ3n) is 13.6. The third kappa shape index (κ3) is 38.8. The number of aliphatic hydroxyl groups excluding tert-OH is 3. The van der Waals surface area contributed by atoms with Crippen molar-refractivity contribution in [2.45, 2.75) is 296 Å². The van der Waals surface area contributed by atoms with Crippen molar-refractivity contribution in [1.29, 1.82) is 0 Å². The molecular weight excluding hydrogens is 865 g/mol. The zero-order chi connectivity index (χ0) is 50.6. The lowest BCUT2D eigenvalue weighted by Crippen LogP contribution is -2.63. The molecular formula is C60H110O9. The molecule has 0 spiro atoms. The summed E-state index contributed by atoms with van der Waals surface area (Å²) in [6.07, 6.45) is 57.5. The molecule has 0 aliphatic heterocycles. The molecule has 0 heterocycles. The summed E-state index contributed by atoms with van der Waals surface area (Å²) in [7, 11) is 0. The molecule has 0 aliphatic rings. The molecule has 0 saturated heterocycles. The molecule has 9 heteroatoms. The molecule has 0 bridgehead atoms. The number of hydrogen-bond acceptors (Lipinski definition) is 9. The second-order valence-corrected chi connectivity index (χ2v) is 20.1. The number of ether oxygens (including phenoxy) is 3.